The van der Waals surface area contributed by atoms with Crippen LogP contribution in [0, 0.1) is 0 Å². The van der Waals surface area contributed by atoms with Gasteiger partial charge in [-0.15, -0.1) is 11.3 Å². The van der Waals surface area contributed by atoms with Gasteiger partial charge < -0.3 is 15.1 Å². The lowest BCUT2D eigenvalue weighted by molar-refractivity contribution is 0.0718. The lowest BCUT2D eigenvalue weighted by Crippen LogP contribution is -2.45. The van der Waals surface area contributed by atoms with E-state index in [0.29, 0.717) is 17.9 Å². The van der Waals surface area contributed by atoms with Crippen LogP contribution in [0.2, 0.25) is 0 Å². The zero-order valence-corrected chi connectivity index (χ0v) is 16.1. The summed E-state index contributed by atoms with van der Waals surface area (Å²) in [6.07, 6.45) is 5.74. The lowest BCUT2D eigenvalue weighted by Gasteiger charge is -2.33. The van der Waals surface area contributed by atoms with E-state index in [4.69, 9.17) is 0 Å². The van der Waals surface area contributed by atoms with Crippen LogP contribution in [0.4, 0.5) is 5.82 Å². The van der Waals surface area contributed by atoms with Crippen molar-refractivity contribution in [3.63, 3.8) is 0 Å². The lowest BCUT2D eigenvalue weighted by atomic mass is 10.0. The van der Waals surface area contributed by atoms with E-state index in [1.165, 1.54) is 11.3 Å². The van der Waals surface area contributed by atoms with Crippen molar-refractivity contribution in [3.8, 4) is 0 Å². The molecule has 0 spiro atoms. The van der Waals surface area contributed by atoms with E-state index in [0.717, 1.165) is 50.2 Å². The highest BCUT2D eigenvalue weighted by Crippen LogP contribution is 2.22. The maximum absolute atomic E-state index is 12.8. The molecule has 27 heavy (non-hydrogen) atoms. The van der Waals surface area contributed by atoms with Crippen molar-refractivity contribution in [2.24, 2.45) is 0 Å². The first-order valence-corrected chi connectivity index (χ1v) is 10.4. The second-order valence-corrected chi connectivity index (χ2v) is 8.06. The number of anilines is 1. The van der Waals surface area contributed by atoms with Gasteiger partial charge in [0.05, 0.1) is 10.4 Å². The molecule has 2 aromatic rings. The summed E-state index contributed by atoms with van der Waals surface area (Å²) in [5.41, 5.74) is 0.626. The predicted octanol–water partition coefficient (Wildman–Crippen LogP) is 3.10. The number of rotatable bonds is 4. The molecule has 0 bridgehead atoms. The van der Waals surface area contributed by atoms with E-state index in [1.54, 1.807) is 6.20 Å². The van der Waals surface area contributed by atoms with Crippen LogP contribution in [0.5, 0.6) is 0 Å². The van der Waals surface area contributed by atoms with E-state index in [9.17, 15) is 9.59 Å². The van der Waals surface area contributed by atoms with Gasteiger partial charge in [0.1, 0.15) is 5.82 Å². The van der Waals surface area contributed by atoms with Crippen LogP contribution in [-0.4, -0.2) is 58.8 Å². The third-order valence-electron chi connectivity index (χ3n) is 5.21. The molecule has 0 radical (unpaired) electrons. The molecule has 142 valence electrons. The molecule has 0 aliphatic carbocycles. The second kappa shape index (κ2) is 8.08. The maximum Gasteiger partial charge on any atom is 0.263 e. The minimum absolute atomic E-state index is 0.0467. The number of aromatic nitrogens is 1. The number of hydrogen-bond acceptors (Lipinski definition) is 5. The number of piperidine rings is 1. The summed E-state index contributed by atoms with van der Waals surface area (Å²) in [4.78, 5) is 34.5. The Bertz CT molecular complexity index is 802. The Balaban J connectivity index is 1.46. The van der Waals surface area contributed by atoms with Crippen LogP contribution in [0.15, 0.2) is 35.8 Å². The molecule has 2 fully saturated rings. The molecule has 2 amide bonds. The summed E-state index contributed by atoms with van der Waals surface area (Å²) in [5.74, 6) is 0.765. The largest absolute Gasteiger partial charge is 0.365 e. The summed E-state index contributed by atoms with van der Waals surface area (Å²) in [7, 11) is 0. The number of amides is 2. The van der Waals surface area contributed by atoms with Crippen molar-refractivity contribution in [2.45, 2.75) is 31.7 Å². The molecule has 2 aromatic heterocycles. The van der Waals surface area contributed by atoms with Crippen LogP contribution in [0.25, 0.3) is 0 Å². The minimum Gasteiger partial charge on any atom is -0.365 e. The fourth-order valence-corrected chi connectivity index (χ4v) is 4.50. The Morgan fingerprint density at radius 1 is 1.04 bits per heavy atom. The van der Waals surface area contributed by atoms with Gasteiger partial charge in [-0.1, -0.05) is 6.07 Å². The van der Waals surface area contributed by atoms with E-state index in [2.05, 4.69) is 10.3 Å². The van der Waals surface area contributed by atoms with Gasteiger partial charge in [-0.2, -0.15) is 0 Å². The van der Waals surface area contributed by atoms with Crippen LogP contribution < -0.4 is 5.32 Å². The molecule has 1 N–H and O–H groups in total. The van der Waals surface area contributed by atoms with Gasteiger partial charge in [-0.05, 0) is 49.3 Å². The first-order chi connectivity index (χ1) is 13.2. The number of nitrogens with one attached hydrogen (secondary N) is 1. The number of pyridine rings is 1. The average Bonchev–Trinajstić information content (AvgIpc) is 3.41. The number of hydrogen-bond donors (Lipinski definition) is 1. The van der Waals surface area contributed by atoms with Gasteiger partial charge in [0.25, 0.3) is 11.8 Å². The highest BCUT2D eigenvalue weighted by Gasteiger charge is 2.27. The van der Waals surface area contributed by atoms with Crippen LogP contribution in [0.1, 0.15) is 45.7 Å². The number of carbonyl (C=O) groups is 2. The first-order valence-electron chi connectivity index (χ1n) is 9.56. The Kier molecular flexibility index (Phi) is 5.38. The number of likely N-dealkylation sites (tertiary alicyclic amines) is 2. The normalized spacial score (nSPS) is 19.9. The summed E-state index contributed by atoms with van der Waals surface area (Å²) in [6.45, 7) is 3.04. The monoisotopic (exact) mass is 384 g/mol. The van der Waals surface area contributed by atoms with Crippen molar-refractivity contribution in [3.05, 3.63) is 46.3 Å². The van der Waals surface area contributed by atoms with Gasteiger partial charge >= 0.3 is 0 Å². The molecule has 4 rings (SSSR count). The molecule has 1 unspecified atom stereocenters. The average molecular weight is 385 g/mol. The zero-order chi connectivity index (χ0) is 18.6. The summed E-state index contributed by atoms with van der Waals surface area (Å²) < 4.78 is 0. The second-order valence-electron chi connectivity index (χ2n) is 7.11. The molecule has 2 saturated heterocycles. The molecule has 0 aromatic carbocycles. The van der Waals surface area contributed by atoms with Crippen molar-refractivity contribution in [1.82, 2.24) is 14.8 Å². The fourth-order valence-electron chi connectivity index (χ4n) is 3.81. The molecule has 7 heteroatoms. The van der Waals surface area contributed by atoms with E-state index in [1.807, 2.05) is 39.4 Å². The minimum atomic E-state index is 0.0467. The van der Waals surface area contributed by atoms with E-state index >= 15 is 0 Å². The quantitative estimate of drug-likeness (QED) is 0.880. The molecule has 0 saturated carbocycles. The zero-order valence-electron chi connectivity index (χ0n) is 15.3. The van der Waals surface area contributed by atoms with Crippen molar-refractivity contribution in [2.75, 3.05) is 31.5 Å². The third-order valence-corrected chi connectivity index (χ3v) is 6.07. The van der Waals surface area contributed by atoms with Gasteiger partial charge in [0.2, 0.25) is 0 Å². The molecule has 2 aliphatic rings. The van der Waals surface area contributed by atoms with Gasteiger partial charge in [0, 0.05) is 38.4 Å². The highest BCUT2D eigenvalue weighted by molar-refractivity contribution is 7.12. The fraction of sp³-hybridized carbons (Fsp3) is 0.450. The predicted molar refractivity (Wildman–Crippen MR) is 106 cm³/mol. The maximum atomic E-state index is 12.8. The third kappa shape index (κ3) is 3.98. The highest BCUT2D eigenvalue weighted by atomic mass is 32.1. The number of carbonyl (C=O) groups excluding carboxylic acids is 2. The number of nitrogens with zero attached hydrogens (tertiary/aromatic N) is 3. The van der Waals surface area contributed by atoms with E-state index in [-0.39, 0.29) is 17.9 Å². The van der Waals surface area contributed by atoms with Crippen molar-refractivity contribution in [1.29, 1.82) is 0 Å². The molecular formula is C20H24N4O2S. The first kappa shape index (κ1) is 18.0. The van der Waals surface area contributed by atoms with Crippen LogP contribution in [0.3, 0.4) is 0 Å². The summed E-state index contributed by atoms with van der Waals surface area (Å²) in [5, 5.41) is 5.36. The van der Waals surface area contributed by atoms with Gasteiger partial charge in [0.15, 0.2) is 0 Å². The Morgan fingerprint density at radius 3 is 2.63 bits per heavy atom. The van der Waals surface area contributed by atoms with Crippen LogP contribution in [-0.2, 0) is 0 Å². The molecule has 1 atom stereocenters. The Labute approximate surface area is 163 Å². The molecular weight excluding hydrogens is 360 g/mol. The SMILES string of the molecule is O=C(c1cccs1)N1CCCC(Nc2ncccc2C(=O)N2CCCC2)C1. The van der Waals surface area contributed by atoms with E-state index < -0.39 is 0 Å². The Morgan fingerprint density at radius 2 is 1.85 bits per heavy atom. The summed E-state index contributed by atoms with van der Waals surface area (Å²) in [6, 6.07) is 7.52. The molecule has 2 aliphatic heterocycles. The van der Waals surface area contributed by atoms with Crippen LogP contribution >= 0.6 is 11.3 Å². The molecule has 6 nitrogen and oxygen atoms in total. The van der Waals surface area contributed by atoms with Crippen molar-refractivity contribution < 1.29 is 9.59 Å². The number of thiophene rings is 1. The Hall–Kier alpha value is -2.41. The topological polar surface area (TPSA) is 65.5 Å². The van der Waals surface area contributed by atoms with Gasteiger partial charge in [-0.25, -0.2) is 4.98 Å². The standard InChI is InChI=1S/C20H24N4O2S/c25-19(23-10-1-2-11-23)16-7-3-9-21-18(16)22-15-6-4-12-24(14-15)20(26)17-8-5-13-27-17/h3,5,7-9,13,15H,1-2,4,6,10-12,14H2,(H,21,22). The molecule has 4 heterocycles. The van der Waals surface area contributed by atoms with Gasteiger partial charge in [-0.3, -0.25) is 9.59 Å². The smallest absolute Gasteiger partial charge is 0.263 e. The van der Waals surface area contributed by atoms with Crippen molar-refractivity contribution >= 4 is 29.0 Å². The summed E-state index contributed by atoms with van der Waals surface area (Å²) >= 11 is 1.48.